The molecule has 0 aliphatic heterocycles. The molecule has 0 saturated heterocycles. The molecule has 32 heavy (non-hydrogen) atoms. The van der Waals surface area contributed by atoms with Crippen LogP contribution in [0.3, 0.4) is 0 Å². The van der Waals surface area contributed by atoms with Gasteiger partial charge in [-0.1, -0.05) is 35.5 Å². The fourth-order valence-corrected chi connectivity index (χ4v) is 5.64. The molecule has 0 bridgehead atoms. The van der Waals surface area contributed by atoms with Crippen LogP contribution in [0.1, 0.15) is 57.1 Å². The van der Waals surface area contributed by atoms with Gasteiger partial charge in [0.25, 0.3) is 0 Å². The first kappa shape index (κ1) is 21.9. The summed E-state index contributed by atoms with van der Waals surface area (Å²) in [5.74, 6) is -0.916. The lowest BCUT2D eigenvalue weighted by Crippen LogP contribution is -2.42. The second-order valence-corrected chi connectivity index (χ2v) is 8.87. The largest absolute Gasteiger partial charge is 0.462 e. The van der Waals surface area contributed by atoms with E-state index in [1.807, 2.05) is 36.5 Å². The SMILES string of the molecule is CCOC(=O)c1c(NC(C)=O)sc2c1CCC(Cc1cn(C)nn1)(c1ccccc1)C2=O. The summed E-state index contributed by atoms with van der Waals surface area (Å²) in [7, 11) is 1.79. The Balaban J connectivity index is 1.85. The van der Waals surface area contributed by atoms with E-state index < -0.39 is 11.4 Å². The number of hydrogen-bond donors (Lipinski definition) is 1. The molecule has 166 valence electrons. The van der Waals surface area contributed by atoms with Crippen LogP contribution in [0.25, 0.3) is 0 Å². The predicted molar refractivity (Wildman–Crippen MR) is 120 cm³/mol. The molecule has 1 unspecified atom stereocenters. The minimum absolute atomic E-state index is 0.0808. The van der Waals surface area contributed by atoms with Crippen LogP contribution < -0.4 is 5.32 Å². The van der Waals surface area contributed by atoms with E-state index in [0.29, 0.717) is 34.7 Å². The van der Waals surface area contributed by atoms with Crippen LogP contribution in [0.2, 0.25) is 0 Å². The average Bonchev–Trinajstić information content (AvgIpc) is 3.33. The van der Waals surface area contributed by atoms with E-state index in [9.17, 15) is 14.4 Å². The Morgan fingerprint density at radius 3 is 2.66 bits per heavy atom. The first-order valence-electron chi connectivity index (χ1n) is 10.4. The van der Waals surface area contributed by atoms with Gasteiger partial charge in [0.2, 0.25) is 5.91 Å². The van der Waals surface area contributed by atoms with Crippen LogP contribution >= 0.6 is 11.3 Å². The van der Waals surface area contributed by atoms with Crippen molar-refractivity contribution in [2.24, 2.45) is 7.05 Å². The molecule has 0 radical (unpaired) electrons. The molecule has 3 aromatic rings. The number of benzene rings is 1. The van der Waals surface area contributed by atoms with Crippen LogP contribution in [0.4, 0.5) is 5.00 Å². The van der Waals surface area contributed by atoms with E-state index in [1.165, 1.54) is 6.92 Å². The van der Waals surface area contributed by atoms with Crippen molar-refractivity contribution in [1.82, 2.24) is 15.0 Å². The van der Waals surface area contributed by atoms with Gasteiger partial charge in [0.1, 0.15) is 5.00 Å². The van der Waals surface area contributed by atoms with Gasteiger partial charge in [-0.25, -0.2) is 4.79 Å². The van der Waals surface area contributed by atoms with E-state index in [4.69, 9.17) is 4.74 Å². The zero-order valence-corrected chi connectivity index (χ0v) is 19.0. The number of carbonyl (C=O) groups excluding carboxylic acids is 3. The number of esters is 1. The molecule has 4 rings (SSSR count). The highest BCUT2D eigenvalue weighted by atomic mass is 32.1. The third-order valence-corrected chi connectivity index (χ3v) is 6.82. The number of nitrogens with zero attached hydrogens (tertiary/aromatic N) is 3. The molecule has 1 atom stereocenters. The Morgan fingerprint density at radius 2 is 2.03 bits per heavy atom. The summed E-state index contributed by atoms with van der Waals surface area (Å²) in [4.78, 5) is 39.0. The summed E-state index contributed by atoms with van der Waals surface area (Å²) >= 11 is 1.14. The van der Waals surface area contributed by atoms with Gasteiger partial charge in [0.15, 0.2) is 5.78 Å². The van der Waals surface area contributed by atoms with Crippen LogP contribution in [0.15, 0.2) is 36.5 Å². The van der Waals surface area contributed by atoms with E-state index in [0.717, 1.165) is 22.6 Å². The molecule has 1 aromatic carbocycles. The molecule has 1 N–H and O–H groups in total. The van der Waals surface area contributed by atoms with E-state index in [2.05, 4.69) is 15.6 Å². The molecule has 2 heterocycles. The Bertz CT molecular complexity index is 1180. The number of thiophene rings is 1. The van der Waals surface area contributed by atoms with Gasteiger partial charge in [-0.2, -0.15) is 0 Å². The second-order valence-electron chi connectivity index (χ2n) is 7.85. The molecule has 8 nitrogen and oxygen atoms in total. The molecule has 1 aliphatic rings. The van der Waals surface area contributed by atoms with Crippen LogP contribution in [0.5, 0.6) is 0 Å². The number of anilines is 1. The summed E-state index contributed by atoms with van der Waals surface area (Å²) in [6.07, 6.45) is 3.21. The standard InChI is InChI=1S/C23H24N4O4S/c1-4-31-22(30)18-17-10-11-23(15-8-6-5-7-9-15,12-16-13-27(3)26-25-16)20(29)19(17)32-21(18)24-14(2)28/h5-9,13H,4,10-12H2,1-3H3,(H,24,28). The maximum absolute atomic E-state index is 14.1. The van der Waals surface area contributed by atoms with Crippen molar-refractivity contribution in [2.75, 3.05) is 11.9 Å². The van der Waals surface area contributed by atoms with Gasteiger partial charge in [-0.05, 0) is 30.9 Å². The van der Waals surface area contributed by atoms with Crippen molar-refractivity contribution >= 4 is 34.0 Å². The number of amides is 1. The van der Waals surface area contributed by atoms with Crippen molar-refractivity contribution in [2.45, 2.75) is 38.5 Å². The maximum atomic E-state index is 14.1. The number of aromatic nitrogens is 3. The highest BCUT2D eigenvalue weighted by molar-refractivity contribution is 7.19. The number of carbonyl (C=O) groups is 3. The molecule has 1 amide bonds. The average molecular weight is 453 g/mol. The Morgan fingerprint density at radius 1 is 1.28 bits per heavy atom. The number of nitrogens with one attached hydrogen (secondary N) is 1. The predicted octanol–water partition coefficient (Wildman–Crippen LogP) is 3.32. The molecule has 0 saturated carbocycles. The van der Waals surface area contributed by atoms with Gasteiger partial charge in [0.05, 0.1) is 28.2 Å². The normalized spacial score (nSPS) is 17.7. The zero-order valence-electron chi connectivity index (χ0n) is 18.2. The molecule has 9 heteroatoms. The quantitative estimate of drug-likeness (QED) is 0.576. The Kier molecular flexibility index (Phi) is 5.92. The lowest BCUT2D eigenvalue weighted by Gasteiger charge is -2.35. The maximum Gasteiger partial charge on any atom is 0.341 e. The monoisotopic (exact) mass is 452 g/mol. The van der Waals surface area contributed by atoms with Crippen LogP contribution in [-0.4, -0.2) is 39.3 Å². The number of Topliss-reactive ketones (excluding diaryl/α,β-unsaturated/α-hetero) is 1. The summed E-state index contributed by atoms with van der Waals surface area (Å²) in [5.41, 5.74) is 1.71. The fraction of sp³-hybridized carbons (Fsp3) is 0.348. The van der Waals surface area contributed by atoms with Gasteiger partial charge < -0.3 is 10.1 Å². The molecule has 0 fully saturated rings. The third-order valence-electron chi connectivity index (χ3n) is 5.68. The van der Waals surface area contributed by atoms with Crippen LogP contribution in [-0.2, 0) is 34.8 Å². The Labute approximate surface area is 189 Å². The van der Waals surface area contributed by atoms with Gasteiger partial charge in [-0.15, -0.1) is 16.4 Å². The lowest BCUT2D eigenvalue weighted by atomic mass is 9.66. The number of aryl methyl sites for hydroxylation is 1. The number of hydrogen-bond acceptors (Lipinski definition) is 7. The Hall–Kier alpha value is -3.33. The fourth-order valence-electron chi connectivity index (χ4n) is 4.31. The number of fused-ring (bicyclic) bond motifs is 1. The van der Waals surface area contributed by atoms with Crippen molar-refractivity contribution in [3.8, 4) is 0 Å². The topological polar surface area (TPSA) is 103 Å². The molecular formula is C23H24N4O4S. The zero-order chi connectivity index (χ0) is 22.9. The van der Waals surface area contributed by atoms with E-state index in [1.54, 1.807) is 18.7 Å². The minimum atomic E-state index is -0.839. The number of ether oxygens (including phenoxy) is 1. The lowest BCUT2D eigenvalue weighted by molar-refractivity contribution is -0.114. The first-order chi connectivity index (χ1) is 15.4. The second kappa shape index (κ2) is 8.66. The van der Waals surface area contributed by atoms with Gasteiger partial charge in [-0.3, -0.25) is 14.3 Å². The summed E-state index contributed by atoms with van der Waals surface area (Å²) in [6.45, 7) is 3.30. The minimum Gasteiger partial charge on any atom is -0.462 e. The molecule has 1 aliphatic carbocycles. The summed E-state index contributed by atoms with van der Waals surface area (Å²) in [5, 5.41) is 11.3. The number of ketones is 1. The third kappa shape index (κ3) is 3.84. The van der Waals surface area contributed by atoms with Crippen molar-refractivity contribution in [3.63, 3.8) is 0 Å². The molecule has 0 spiro atoms. The summed E-state index contributed by atoms with van der Waals surface area (Å²) in [6, 6.07) is 9.65. The molecule has 2 aromatic heterocycles. The van der Waals surface area contributed by atoms with Gasteiger partial charge >= 0.3 is 5.97 Å². The molecular weight excluding hydrogens is 428 g/mol. The van der Waals surface area contributed by atoms with Gasteiger partial charge in [0, 0.05) is 26.6 Å². The van der Waals surface area contributed by atoms with Crippen molar-refractivity contribution in [3.05, 3.63) is 63.8 Å². The van der Waals surface area contributed by atoms with E-state index >= 15 is 0 Å². The first-order valence-corrected chi connectivity index (χ1v) is 11.2. The summed E-state index contributed by atoms with van der Waals surface area (Å²) < 4.78 is 6.85. The van der Waals surface area contributed by atoms with E-state index in [-0.39, 0.29) is 23.9 Å². The van der Waals surface area contributed by atoms with Crippen molar-refractivity contribution in [1.29, 1.82) is 0 Å². The smallest absolute Gasteiger partial charge is 0.341 e. The highest BCUT2D eigenvalue weighted by Gasteiger charge is 2.47. The number of rotatable bonds is 6. The van der Waals surface area contributed by atoms with Crippen LogP contribution in [0, 0.1) is 0 Å². The highest BCUT2D eigenvalue weighted by Crippen LogP contribution is 2.47. The van der Waals surface area contributed by atoms with Crippen molar-refractivity contribution < 1.29 is 19.1 Å².